The Balaban J connectivity index is 2.16. The number of hydrogen-bond acceptors (Lipinski definition) is 3. The Morgan fingerprint density at radius 3 is 2.37 bits per heavy atom. The van der Waals surface area contributed by atoms with Crippen LogP contribution in [-0.2, 0) is 4.79 Å². The van der Waals surface area contributed by atoms with Crippen LogP contribution < -0.4 is 10.9 Å². The Labute approximate surface area is 106 Å². The molecule has 0 saturated heterocycles. The van der Waals surface area contributed by atoms with Gasteiger partial charge in [-0.3, -0.25) is 9.59 Å². The molecule has 0 unspecified atom stereocenters. The third kappa shape index (κ3) is 3.21. The van der Waals surface area contributed by atoms with Crippen molar-refractivity contribution in [1.82, 2.24) is 10.2 Å². The fraction of sp³-hybridized carbons (Fsp3) is 0.0833. The highest BCUT2D eigenvalue weighted by molar-refractivity contribution is 5.93. The van der Waals surface area contributed by atoms with Crippen molar-refractivity contribution < 1.29 is 13.6 Å². The van der Waals surface area contributed by atoms with Gasteiger partial charge in [0.25, 0.3) is 11.5 Å². The standard InChI is InChI=1S/C12H9F2N3O2/c13-11(14)12(19)15-8-3-1-7(2-4-8)9-5-6-10(18)17-16-9/h1-6,11H,(H,15,19)(H,17,18). The van der Waals surface area contributed by atoms with Crippen molar-refractivity contribution in [1.29, 1.82) is 0 Å². The molecule has 2 aromatic rings. The molecule has 0 bridgehead atoms. The number of halogens is 2. The zero-order valence-corrected chi connectivity index (χ0v) is 9.56. The van der Waals surface area contributed by atoms with Crippen LogP contribution in [0.15, 0.2) is 41.2 Å². The molecule has 0 aliphatic heterocycles. The van der Waals surface area contributed by atoms with E-state index in [0.717, 1.165) is 0 Å². The number of hydrogen-bond donors (Lipinski definition) is 2. The SMILES string of the molecule is O=C(Nc1ccc(-c2ccc(=O)[nH]n2)cc1)C(F)F. The fourth-order valence-corrected chi connectivity index (χ4v) is 1.43. The maximum Gasteiger partial charge on any atom is 0.315 e. The van der Waals surface area contributed by atoms with Crippen molar-refractivity contribution in [3.8, 4) is 11.3 Å². The largest absolute Gasteiger partial charge is 0.321 e. The predicted molar refractivity (Wildman–Crippen MR) is 64.9 cm³/mol. The van der Waals surface area contributed by atoms with Crippen LogP contribution >= 0.6 is 0 Å². The summed E-state index contributed by atoms with van der Waals surface area (Å²) in [7, 11) is 0. The van der Waals surface area contributed by atoms with Crippen LogP contribution in [0.5, 0.6) is 0 Å². The van der Waals surface area contributed by atoms with Crippen molar-refractivity contribution in [2.75, 3.05) is 5.32 Å². The van der Waals surface area contributed by atoms with Gasteiger partial charge >= 0.3 is 6.43 Å². The lowest BCUT2D eigenvalue weighted by atomic mass is 10.1. The molecule has 1 amide bonds. The number of carbonyl (C=O) groups is 1. The van der Waals surface area contributed by atoms with Gasteiger partial charge in [0.2, 0.25) is 0 Å². The molecule has 5 nitrogen and oxygen atoms in total. The van der Waals surface area contributed by atoms with Crippen LogP contribution in [0.3, 0.4) is 0 Å². The smallest absolute Gasteiger partial charge is 0.315 e. The van der Waals surface area contributed by atoms with Gasteiger partial charge < -0.3 is 5.32 Å². The highest BCUT2D eigenvalue weighted by Gasteiger charge is 2.14. The number of aromatic nitrogens is 2. The zero-order chi connectivity index (χ0) is 13.8. The second-order valence-corrected chi connectivity index (χ2v) is 3.67. The number of H-pyrrole nitrogens is 1. The Bertz CT molecular complexity index is 618. The van der Waals surface area contributed by atoms with Gasteiger partial charge in [-0.05, 0) is 18.2 Å². The molecule has 98 valence electrons. The third-order valence-electron chi connectivity index (χ3n) is 2.33. The first-order chi connectivity index (χ1) is 9.06. The number of rotatable bonds is 3. The summed E-state index contributed by atoms with van der Waals surface area (Å²) in [6.45, 7) is 0. The van der Waals surface area contributed by atoms with Crippen molar-refractivity contribution in [2.24, 2.45) is 0 Å². The van der Waals surface area contributed by atoms with Crippen molar-refractivity contribution >= 4 is 11.6 Å². The van der Waals surface area contributed by atoms with Crippen LogP contribution in [-0.4, -0.2) is 22.5 Å². The highest BCUT2D eigenvalue weighted by Crippen LogP contribution is 2.18. The molecule has 2 rings (SSSR count). The van der Waals surface area contributed by atoms with Gasteiger partial charge in [-0.15, -0.1) is 0 Å². The molecule has 19 heavy (non-hydrogen) atoms. The van der Waals surface area contributed by atoms with E-state index in [1.807, 2.05) is 0 Å². The summed E-state index contributed by atoms with van der Waals surface area (Å²) in [5, 5.41) is 8.17. The fourth-order valence-electron chi connectivity index (χ4n) is 1.43. The quantitative estimate of drug-likeness (QED) is 0.885. The van der Waals surface area contributed by atoms with Crippen LogP contribution in [0.1, 0.15) is 0 Å². The molecule has 0 radical (unpaired) electrons. The molecule has 0 aliphatic rings. The van der Waals surface area contributed by atoms with Crippen molar-refractivity contribution in [3.05, 3.63) is 46.8 Å². The summed E-state index contributed by atoms with van der Waals surface area (Å²) in [5.74, 6) is -1.35. The first-order valence-corrected chi connectivity index (χ1v) is 5.31. The topological polar surface area (TPSA) is 74.8 Å². The van der Waals surface area contributed by atoms with Crippen molar-refractivity contribution in [2.45, 2.75) is 6.43 Å². The van der Waals surface area contributed by atoms with Crippen LogP contribution in [0.4, 0.5) is 14.5 Å². The van der Waals surface area contributed by atoms with E-state index in [1.54, 1.807) is 12.1 Å². The monoisotopic (exact) mass is 265 g/mol. The molecule has 1 aromatic carbocycles. The number of alkyl halides is 2. The van der Waals surface area contributed by atoms with Gasteiger partial charge in [0.05, 0.1) is 5.69 Å². The van der Waals surface area contributed by atoms with E-state index >= 15 is 0 Å². The summed E-state index contributed by atoms with van der Waals surface area (Å²) in [6.07, 6.45) is -3.06. The van der Waals surface area contributed by atoms with E-state index in [-0.39, 0.29) is 11.2 Å². The third-order valence-corrected chi connectivity index (χ3v) is 2.33. The van der Waals surface area contributed by atoms with Crippen LogP contribution in [0.25, 0.3) is 11.3 Å². The van der Waals surface area contributed by atoms with E-state index in [1.165, 1.54) is 24.3 Å². The minimum absolute atomic E-state index is 0.262. The maximum absolute atomic E-state index is 12.0. The van der Waals surface area contributed by atoms with Gasteiger partial charge in [-0.1, -0.05) is 12.1 Å². The number of amides is 1. The second kappa shape index (κ2) is 5.38. The Morgan fingerprint density at radius 2 is 1.84 bits per heavy atom. The zero-order valence-electron chi connectivity index (χ0n) is 9.56. The molecule has 1 heterocycles. The maximum atomic E-state index is 12.0. The normalized spacial score (nSPS) is 10.5. The van der Waals surface area contributed by atoms with Gasteiger partial charge in [0, 0.05) is 17.3 Å². The Morgan fingerprint density at radius 1 is 1.16 bits per heavy atom. The molecule has 2 N–H and O–H groups in total. The van der Waals surface area contributed by atoms with E-state index in [2.05, 4.69) is 15.5 Å². The average molecular weight is 265 g/mol. The number of carbonyl (C=O) groups excluding carboxylic acids is 1. The predicted octanol–water partition coefficient (Wildman–Crippen LogP) is 1.64. The van der Waals surface area contributed by atoms with E-state index in [9.17, 15) is 18.4 Å². The molecular formula is C12H9F2N3O2. The summed E-state index contributed by atoms with van der Waals surface area (Å²) in [5.41, 5.74) is 1.17. The molecule has 0 saturated carbocycles. The first-order valence-electron chi connectivity index (χ1n) is 5.31. The second-order valence-electron chi connectivity index (χ2n) is 3.67. The number of nitrogens with zero attached hydrogens (tertiary/aromatic N) is 1. The lowest BCUT2D eigenvalue weighted by Crippen LogP contribution is -2.19. The van der Waals surface area contributed by atoms with E-state index < -0.39 is 12.3 Å². The number of nitrogens with one attached hydrogen (secondary N) is 2. The number of anilines is 1. The highest BCUT2D eigenvalue weighted by atomic mass is 19.3. The number of aromatic amines is 1. The lowest BCUT2D eigenvalue weighted by molar-refractivity contribution is -0.126. The number of benzene rings is 1. The summed E-state index contributed by atoms with van der Waals surface area (Å²) in [4.78, 5) is 21.6. The first kappa shape index (κ1) is 12.9. The van der Waals surface area contributed by atoms with Gasteiger partial charge in [-0.25, -0.2) is 5.10 Å². The average Bonchev–Trinajstić information content (AvgIpc) is 2.40. The minimum Gasteiger partial charge on any atom is -0.321 e. The Kier molecular flexibility index (Phi) is 3.65. The minimum atomic E-state index is -3.06. The summed E-state index contributed by atoms with van der Waals surface area (Å²) in [6, 6.07) is 9.01. The van der Waals surface area contributed by atoms with Gasteiger partial charge in [-0.2, -0.15) is 13.9 Å². The van der Waals surface area contributed by atoms with Gasteiger partial charge in [0.1, 0.15) is 0 Å². The van der Waals surface area contributed by atoms with Crippen LogP contribution in [0.2, 0.25) is 0 Å². The van der Waals surface area contributed by atoms with E-state index in [4.69, 9.17) is 0 Å². The molecule has 0 fully saturated rings. The molecular weight excluding hydrogens is 256 g/mol. The molecule has 0 aliphatic carbocycles. The molecule has 7 heteroatoms. The van der Waals surface area contributed by atoms with Crippen molar-refractivity contribution in [3.63, 3.8) is 0 Å². The van der Waals surface area contributed by atoms with Crippen LogP contribution in [0, 0.1) is 0 Å². The summed E-state index contributed by atoms with van der Waals surface area (Å²) >= 11 is 0. The molecule has 0 spiro atoms. The molecule has 1 aromatic heterocycles. The molecule has 0 atom stereocenters. The van der Waals surface area contributed by atoms with Gasteiger partial charge in [0.15, 0.2) is 0 Å². The Hall–Kier alpha value is -2.57. The lowest BCUT2D eigenvalue weighted by Gasteiger charge is -2.05. The van der Waals surface area contributed by atoms with E-state index in [0.29, 0.717) is 11.3 Å². The summed E-state index contributed by atoms with van der Waals surface area (Å²) < 4.78 is 24.1.